The molecule has 4 heterocycles. The molecule has 1 unspecified atom stereocenters. The summed E-state index contributed by atoms with van der Waals surface area (Å²) < 4.78 is 0. The number of aromatic amines is 1. The molecule has 1 atom stereocenters. The van der Waals surface area contributed by atoms with Crippen LogP contribution in [0.5, 0.6) is 0 Å². The SMILES string of the molecule is CCC1=NOC(CNc2nc(Nc3cc(C4CC4)[nH]n3)cc(N3CCNCC3)n2)C1. The molecule has 2 fully saturated rings. The van der Waals surface area contributed by atoms with E-state index in [1.165, 1.54) is 18.5 Å². The average Bonchev–Trinajstić information content (AvgIpc) is 3.35. The Kier molecular flexibility index (Phi) is 5.39. The van der Waals surface area contributed by atoms with Gasteiger partial charge in [-0.05, 0) is 19.3 Å². The zero-order valence-corrected chi connectivity index (χ0v) is 17.3. The minimum atomic E-state index is 0.0234. The first-order valence-corrected chi connectivity index (χ1v) is 10.9. The molecule has 160 valence electrons. The Bertz CT molecular complexity index is 901. The lowest BCUT2D eigenvalue weighted by molar-refractivity contribution is 0.0948. The van der Waals surface area contributed by atoms with Gasteiger partial charge in [-0.25, -0.2) is 0 Å². The Balaban J connectivity index is 1.31. The summed E-state index contributed by atoms with van der Waals surface area (Å²) in [4.78, 5) is 17.2. The van der Waals surface area contributed by atoms with Crippen LogP contribution >= 0.6 is 0 Å². The number of rotatable bonds is 8. The lowest BCUT2D eigenvalue weighted by Gasteiger charge is -2.28. The molecule has 0 spiro atoms. The van der Waals surface area contributed by atoms with Crippen LogP contribution in [0.4, 0.5) is 23.4 Å². The van der Waals surface area contributed by atoms with Gasteiger partial charge in [-0.15, -0.1) is 0 Å². The predicted molar refractivity (Wildman–Crippen MR) is 117 cm³/mol. The van der Waals surface area contributed by atoms with E-state index in [0.717, 1.165) is 62.2 Å². The smallest absolute Gasteiger partial charge is 0.226 e. The Hall–Kier alpha value is -2.88. The van der Waals surface area contributed by atoms with Crippen LogP contribution in [0.15, 0.2) is 17.3 Å². The van der Waals surface area contributed by atoms with Crippen molar-refractivity contribution in [3.05, 3.63) is 17.8 Å². The largest absolute Gasteiger partial charge is 0.390 e. The van der Waals surface area contributed by atoms with Crippen molar-refractivity contribution in [3.8, 4) is 0 Å². The number of nitrogens with zero attached hydrogens (tertiary/aromatic N) is 5. The van der Waals surface area contributed by atoms with Crippen molar-refractivity contribution in [2.75, 3.05) is 48.3 Å². The summed E-state index contributed by atoms with van der Waals surface area (Å²) in [6.07, 6.45) is 4.27. The Morgan fingerprint density at radius 1 is 1.17 bits per heavy atom. The number of H-pyrrole nitrogens is 1. The van der Waals surface area contributed by atoms with Crippen molar-refractivity contribution in [1.29, 1.82) is 0 Å². The zero-order chi connectivity index (χ0) is 20.3. The van der Waals surface area contributed by atoms with Gasteiger partial charge >= 0.3 is 0 Å². The first kappa shape index (κ1) is 19.1. The molecule has 0 aromatic carbocycles. The highest BCUT2D eigenvalue weighted by Gasteiger charge is 2.26. The summed E-state index contributed by atoms with van der Waals surface area (Å²) in [7, 11) is 0. The van der Waals surface area contributed by atoms with Gasteiger partial charge in [0.1, 0.15) is 17.7 Å². The van der Waals surface area contributed by atoms with Crippen LogP contribution in [0, 0.1) is 0 Å². The molecule has 1 saturated carbocycles. The topological polar surface area (TPSA) is 115 Å². The van der Waals surface area contributed by atoms with E-state index in [1.807, 2.05) is 6.07 Å². The van der Waals surface area contributed by atoms with Crippen LogP contribution in [0.2, 0.25) is 0 Å². The average molecular weight is 412 g/mol. The second-order valence-corrected chi connectivity index (χ2v) is 8.10. The third kappa shape index (κ3) is 4.48. The van der Waals surface area contributed by atoms with Crippen molar-refractivity contribution in [2.24, 2.45) is 5.16 Å². The van der Waals surface area contributed by atoms with E-state index in [1.54, 1.807) is 0 Å². The second-order valence-electron chi connectivity index (χ2n) is 8.10. The second kappa shape index (κ2) is 8.47. The van der Waals surface area contributed by atoms with Crippen LogP contribution in [0.1, 0.15) is 44.2 Å². The lowest BCUT2D eigenvalue weighted by atomic mass is 10.1. The van der Waals surface area contributed by atoms with Crippen LogP contribution in [0.3, 0.4) is 0 Å². The number of piperazine rings is 1. The van der Waals surface area contributed by atoms with Gasteiger partial charge in [-0.2, -0.15) is 15.1 Å². The molecule has 0 bridgehead atoms. The maximum absolute atomic E-state index is 5.50. The molecular weight excluding hydrogens is 382 g/mol. The van der Waals surface area contributed by atoms with Crippen LogP contribution in [0.25, 0.3) is 0 Å². The Morgan fingerprint density at radius 3 is 2.80 bits per heavy atom. The third-order valence-electron chi connectivity index (χ3n) is 5.71. The van der Waals surface area contributed by atoms with Gasteiger partial charge in [0.05, 0.1) is 12.3 Å². The number of aromatic nitrogens is 4. The molecule has 0 radical (unpaired) electrons. The van der Waals surface area contributed by atoms with E-state index in [2.05, 4.69) is 54.2 Å². The summed E-state index contributed by atoms with van der Waals surface area (Å²) in [5.41, 5.74) is 2.29. The molecule has 10 nitrogen and oxygen atoms in total. The molecule has 4 N–H and O–H groups in total. The molecular formula is C20H29N9O. The van der Waals surface area contributed by atoms with E-state index >= 15 is 0 Å². The number of oxime groups is 1. The molecule has 5 rings (SSSR count). The summed E-state index contributed by atoms with van der Waals surface area (Å²) in [5.74, 6) is 3.64. The summed E-state index contributed by atoms with van der Waals surface area (Å²) in [6, 6.07) is 4.07. The first-order valence-electron chi connectivity index (χ1n) is 10.9. The number of anilines is 4. The Labute approximate surface area is 175 Å². The number of hydrogen-bond donors (Lipinski definition) is 4. The summed E-state index contributed by atoms with van der Waals surface area (Å²) in [6.45, 7) is 6.46. The van der Waals surface area contributed by atoms with E-state index < -0.39 is 0 Å². The highest BCUT2D eigenvalue weighted by Crippen LogP contribution is 2.39. The van der Waals surface area contributed by atoms with Gasteiger partial charge in [0.25, 0.3) is 0 Å². The predicted octanol–water partition coefficient (Wildman–Crippen LogP) is 2.20. The molecule has 2 aromatic heterocycles. The van der Waals surface area contributed by atoms with E-state index in [9.17, 15) is 0 Å². The molecule has 0 amide bonds. The normalized spacial score (nSPS) is 21.3. The molecule has 10 heteroatoms. The maximum Gasteiger partial charge on any atom is 0.226 e. The summed E-state index contributed by atoms with van der Waals surface area (Å²) in [5, 5.41) is 21.7. The van der Waals surface area contributed by atoms with E-state index in [4.69, 9.17) is 9.82 Å². The van der Waals surface area contributed by atoms with Crippen LogP contribution < -0.4 is 20.9 Å². The van der Waals surface area contributed by atoms with E-state index in [-0.39, 0.29) is 6.10 Å². The van der Waals surface area contributed by atoms with Gasteiger partial charge in [0.15, 0.2) is 5.82 Å². The monoisotopic (exact) mass is 411 g/mol. The summed E-state index contributed by atoms with van der Waals surface area (Å²) >= 11 is 0. The molecule has 30 heavy (non-hydrogen) atoms. The standard InChI is InChI=1S/C20H29N9O/c1-2-14-9-15(30-28-14)12-22-20-24-17(11-19(25-20)29-7-5-21-6-8-29)23-18-10-16(26-27-18)13-3-4-13/h10-11,13,15,21H,2-9,12H2,1H3,(H3,22,23,24,25,26,27). The van der Waals surface area contributed by atoms with Crippen molar-refractivity contribution in [3.63, 3.8) is 0 Å². The highest BCUT2D eigenvalue weighted by molar-refractivity contribution is 5.85. The quantitative estimate of drug-likeness (QED) is 0.523. The zero-order valence-electron chi connectivity index (χ0n) is 17.3. The molecule has 2 aliphatic heterocycles. The number of hydrogen-bond acceptors (Lipinski definition) is 9. The van der Waals surface area contributed by atoms with Crippen molar-refractivity contribution in [2.45, 2.75) is 44.6 Å². The van der Waals surface area contributed by atoms with Gasteiger partial charge in [-0.3, -0.25) is 5.10 Å². The van der Waals surface area contributed by atoms with Crippen LogP contribution in [-0.4, -0.2) is 64.7 Å². The van der Waals surface area contributed by atoms with Gasteiger partial charge in [0.2, 0.25) is 5.95 Å². The van der Waals surface area contributed by atoms with Crippen molar-refractivity contribution < 1.29 is 4.84 Å². The van der Waals surface area contributed by atoms with Gasteiger partial charge in [0, 0.05) is 56.3 Å². The van der Waals surface area contributed by atoms with E-state index in [0.29, 0.717) is 18.4 Å². The minimum absolute atomic E-state index is 0.0234. The minimum Gasteiger partial charge on any atom is -0.390 e. The third-order valence-corrected chi connectivity index (χ3v) is 5.71. The van der Waals surface area contributed by atoms with Crippen molar-refractivity contribution >= 4 is 29.1 Å². The molecule has 1 aliphatic carbocycles. The Morgan fingerprint density at radius 2 is 2.03 bits per heavy atom. The maximum atomic E-state index is 5.50. The molecule has 3 aliphatic rings. The van der Waals surface area contributed by atoms with Crippen LogP contribution in [-0.2, 0) is 4.84 Å². The highest BCUT2D eigenvalue weighted by atomic mass is 16.6. The molecule has 1 saturated heterocycles. The fourth-order valence-electron chi connectivity index (χ4n) is 3.78. The lowest BCUT2D eigenvalue weighted by Crippen LogP contribution is -2.44. The van der Waals surface area contributed by atoms with Gasteiger partial charge in [-0.1, -0.05) is 12.1 Å². The van der Waals surface area contributed by atoms with Crippen molar-refractivity contribution in [1.82, 2.24) is 25.5 Å². The molecule has 2 aromatic rings. The van der Waals surface area contributed by atoms with Gasteiger partial charge < -0.3 is 25.7 Å². The fourth-order valence-corrected chi connectivity index (χ4v) is 3.78. The fraction of sp³-hybridized carbons (Fsp3) is 0.600. The number of nitrogens with one attached hydrogen (secondary N) is 4. The first-order chi connectivity index (χ1) is 14.8.